The molecule has 3 amide bonds. The smallest absolute Gasteiger partial charge is 0.378 e. The van der Waals surface area contributed by atoms with Gasteiger partial charge in [-0.3, -0.25) is 19.2 Å². The largest absolute Gasteiger partial charge is 0.416 e. The molecule has 2 aliphatic heterocycles. The van der Waals surface area contributed by atoms with Crippen molar-refractivity contribution in [2.45, 2.75) is 51.0 Å². The van der Waals surface area contributed by atoms with Crippen LogP contribution in [0.15, 0.2) is 48.5 Å². The SMILES string of the molecule is CC(C)C[C@H](NC(=O)c1ccc(N(C)C)cc1)C(=O)N1CCC2C1C(=O)CN2C(=O)c1ccc(C(F)(F)F)cc1. The summed E-state index contributed by atoms with van der Waals surface area (Å²) in [7, 11) is 3.77. The van der Waals surface area contributed by atoms with Crippen molar-refractivity contribution in [1.82, 2.24) is 15.1 Å². The summed E-state index contributed by atoms with van der Waals surface area (Å²) in [5.74, 6) is -1.60. The van der Waals surface area contributed by atoms with Gasteiger partial charge < -0.3 is 20.0 Å². The second-order valence-electron chi connectivity index (χ2n) is 10.9. The maximum absolute atomic E-state index is 13.7. The van der Waals surface area contributed by atoms with E-state index in [4.69, 9.17) is 0 Å². The summed E-state index contributed by atoms with van der Waals surface area (Å²) < 4.78 is 38.8. The molecule has 1 N–H and O–H groups in total. The summed E-state index contributed by atoms with van der Waals surface area (Å²) in [6.45, 7) is 3.84. The molecule has 0 bridgehead atoms. The zero-order chi connectivity index (χ0) is 29.4. The highest BCUT2D eigenvalue weighted by atomic mass is 19.4. The number of nitrogens with zero attached hydrogens (tertiary/aromatic N) is 3. The number of ketones is 1. The van der Waals surface area contributed by atoms with Gasteiger partial charge in [0.15, 0.2) is 5.78 Å². The van der Waals surface area contributed by atoms with E-state index in [1.54, 1.807) is 24.3 Å². The summed E-state index contributed by atoms with van der Waals surface area (Å²) in [6.07, 6.45) is -3.82. The lowest BCUT2D eigenvalue weighted by atomic mass is 10.0. The zero-order valence-corrected chi connectivity index (χ0v) is 22.9. The molecule has 0 saturated carbocycles. The molecule has 0 radical (unpaired) electrons. The minimum atomic E-state index is -4.53. The molecule has 2 fully saturated rings. The number of carbonyl (C=O) groups excluding carboxylic acids is 4. The van der Waals surface area contributed by atoms with E-state index in [1.807, 2.05) is 32.8 Å². The number of rotatable bonds is 7. The second kappa shape index (κ2) is 11.3. The minimum Gasteiger partial charge on any atom is -0.378 e. The minimum absolute atomic E-state index is 0.0384. The summed E-state index contributed by atoms with van der Waals surface area (Å²) in [6, 6.07) is 8.51. The van der Waals surface area contributed by atoms with Crippen LogP contribution in [-0.2, 0) is 15.8 Å². The number of anilines is 1. The average Bonchev–Trinajstić information content (AvgIpc) is 3.48. The molecule has 0 aromatic heterocycles. The molecular formula is C29H33F3N4O4. The number of halogens is 3. The fraction of sp³-hybridized carbons (Fsp3) is 0.448. The van der Waals surface area contributed by atoms with E-state index in [0.29, 0.717) is 18.4 Å². The van der Waals surface area contributed by atoms with Gasteiger partial charge in [0.1, 0.15) is 12.1 Å². The van der Waals surface area contributed by atoms with Crippen LogP contribution >= 0.6 is 0 Å². The molecule has 2 saturated heterocycles. The number of carbonyl (C=O) groups is 4. The Balaban J connectivity index is 1.49. The van der Waals surface area contributed by atoms with Crippen LogP contribution in [0.2, 0.25) is 0 Å². The van der Waals surface area contributed by atoms with Crippen LogP contribution in [0.3, 0.4) is 0 Å². The van der Waals surface area contributed by atoms with Crippen LogP contribution in [0.4, 0.5) is 18.9 Å². The monoisotopic (exact) mass is 558 g/mol. The van der Waals surface area contributed by atoms with Gasteiger partial charge in [-0.2, -0.15) is 13.2 Å². The van der Waals surface area contributed by atoms with E-state index in [1.165, 1.54) is 9.80 Å². The number of amides is 3. The van der Waals surface area contributed by atoms with Gasteiger partial charge in [-0.05, 0) is 67.3 Å². The van der Waals surface area contributed by atoms with Gasteiger partial charge in [-0.25, -0.2) is 0 Å². The van der Waals surface area contributed by atoms with E-state index in [0.717, 1.165) is 30.0 Å². The van der Waals surface area contributed by atoms with E-state index in [2.05, 4.69) is 5.32 Å². The molecule has 40 heavy (non-hydrogen) atoms. The third-order valence-corrected chi connectivity index (χ3v) is 7.38. The summed E-state index contributed by atoms with van der Waals surface area (Å²) in [4.78, 5) is 57.6. The topological polar surface area (TPSA) is 90.0 Å². The van der Waals surface area contributed by atoms with Crippen LogP contribution in [0.5, 0.6) is 0 Å². The predicted octanol–water partition coefficient (Wildman–Crippen LogP) is 3.61. The van der Waals surface area contributed by atoms with E-state index >= 15 is 0 Å². The first-order valence-electron chi connectivity index (χ1n) is 13.2. The van der Waals surface area contributed by atoms with Crippen LogP contribution in [0, 0.1) is 5.92 Å². The maximum atomic E-state index is 13.7. The molecular weight excluding hydrogens is 525 g/mol. The molecule has 2 aromatic rings. The van der Waals surface area contributed by atoms with Gasteiger partial charge in [0.05, 0.1) is 18.2 Å². The van der Waals surface area contributed by atoms with Gasteiger partial charge >= 0.3 is 6.18 Å². The molecule has 11 heteroatoms. The number of benzene rings is 2. The number of alkyl halides is 3. The fourth-order valence-corrected chi connectivity index (χ4v) is 5.35. The number of fused-ring (bicyclic) bond motifs is 1. The lowest BCUT2D eigenvalue weighted by molar-refractivity contribution is -0.138. The Kier molecular flexibility index (Phi) is 8.23. The van der Waals surface area contributed by atoms with Crippen molar-refractivity contribution in [3.05, 3.63) is 65.2 Å². The summed E-state index contributed by atoms with van der Waals surface area (Å²) in [5, 5.41) is 2.83. The number of nitrogens with one attached hydrogen (secondary N) is 1. The molecule has 2 aromatic carbocycles. The van der Waals surface area contributed by atoms with Crippen LogP contribution in [0.25, 0.3) is 0 Å². The molecule has 0 aliphatic carbocycles. The highest BCUT2D eigenvalue weighted by Crippen LogP contribution is 2.33. The maximum Gasteiger partial charge on any atom is 0.416 e. The molecule has 0 spiro atoms. The van der Waals surface area contributed by atoms with Crippen molar-refractivity contribution in [3.63, 3.8) is 0 Å². The van der Waals surface area contributed by atoms with E-state index in [9.17, 15) is 32.3 Å². The normalized spacial score (nSPS) is 19.6. The second-order valence-corrected chi connectivity index (χ2v) is 10.9. The lowest BCUT2D eigenvalue weighted by Crippen LogP contribution is -2.53. The summed E-state index contributed by atoms with van der Waals surface area (Å²) >= 11 is 0. The first-order valence-corrected chi connectivity index (χ1v) is 13.2. The van der Waals surface area contributed by atoms with Crippen LogP contribution < -0.4 is 10.2 Å². The Hall–Kier alpha value is -3.89. The quantitative estimate of drug-likeness (QED) is 0.561. The molecule has 3 atom stereocenters. The van der Waals surface area contributed by atoms with Crippen LogP contribution in [-0.4, -0.2) is 78.6 Å². The van der Waals surface area contributed by atoms with Crippen molar-refractivity contribution < 1.29 is 32.3 Å². The van der Waals surface area contributed by atoms with E-state index < -0.39 is 47.6 Å². The van der Waals surface area contributed by atoms with Gasteiger partial charge in [-0.15, -0.1) is 0 Å². The predicted molar refractivity (Wildman–Crippen MR) is 143 cm³/mol. The highest BCUT2D eigenvalue weighted by molar-refractivity contribution is 6.03. The first kappa shape index (κ1) is 29.1. The number of hydrogen-bond acceptors (Lipinski definition) is 5. The Morgan fingerprint density at radius 2 is 1.57 bits per heavy atom. The van der Waals surface area contributed by atoms with Crippen molar-refractivity contribution in [2.24, 2.45) is 5.92 Å². The molecule has 2 aliphatic rings. The van der Waals surface area contributed by atoms with Gasteiger partial charge in [0, 0.05) is 37.5 Å². The Morgan fingerprint density at radius 3 is 2.12 bits per heavy atom. The molecule has 214 valence electrons. The molecule has 2 heterocycles. The van der Waals surface area contributed by atoms with Crippen molar-refractivity contribution in [3.8, 4) is 0 Å². The number of likely N-dealkylation sites (tertiary alicyclic amines) is 2. The van der Waals surface area contributed by atoms with Crippen molar-refractivity contribution >= 4 is 29.2 Å². The van der Waals surface area contributed by atoms with Crippen molar-refractivity contribution in [1.29, 1.82) is 0 Å². The van der Waals surface area contributed by atoms with Crippen LogP contribution in [0.1, 0.15) is 53.0 Å². The number of Topliss-reactive ketones (excluding diaryl/α,β-unsaturated/α-hetero) is 1. The third kappa shape index (κ3) is 5.97. The standard InChI is InChI=1S/C29H33F3N4O4/c1-17(2)15-22(33-26(38)18-7-11-21(12-8-18)34(3)4)28(40)35-14-13-23-25(35)24(37)16-36(23)27(39)19-5-9-20(10-6-19)29(30,31)32/h5-12,17,22-23,25H,13-16H2,1-4H3,(H,33,38)/t22-,23?,25?/m0/s1. The fourth-order valence-electron chi connectivity index (χ4n) is 5.35. The number of hydrogen-bond donors (Lipinski definition) is 1. The highest BCUT2D eigenvalue weighted by Gasteiger charge is 2.52. The van der Waals surface area contributed by atoms with Gasteiger partial charge in [0.2, 0.25) is 5.91 Å². The van der Waals surface area contributed by atoms with E-state index in [-0.39, 0.29) is 30.4 Å². The third-order valence-electron chi connectivity index (χ3n) is 7.38. The Bertz CT molecular complexity index is 1280. The van der Waals surface area contributed by atoms with Gasteiger partial charge in [0.25, 0.3) is 11.8 Å². The molecule has 2 unspecified atom stereocenters. The Labute approximate surface area is 231 Å². The average molecular weight is 559 g/mol. The van der Waals surface area contributed by atoms with Crippen molar-refractivity contribution in [2.75, 3.05) is 32.1 Å². The molecule has 4 rings (SSSR count). The molecule has 8 nitrogen and oxygen atoms in total. The van der Waals surface area contributed by atoms with Gasteiger partial charge in [-0.1, -0.05) is 13.8 Å². The Morgan fingerprint density at radius 1 is 0.975 bits per heavy atom. The summed E-state index contributed by atoms with van der Waals surface area (Å²) in [5.41, 5.74) is 0.488. The zero-order valence-electron chi connectivity index (χ0n) is 22.9. The first-order chi connectivity index (χ1) is 18.8. The lowest BCUT2D eigenvalue weighted by Gasteiger charge is -2.29.